The molecule has 0 aliphatic rings. The molecule has 0 radical (unpaired) electrons. The van der Waals surface area contributed by atoms with Crippen molar-refractivity contribution >= 4 is 21.8 Å². The van der Waals surface area contributed by atoms with Crippen molar-refractivity contribution in [2.45, 2.75) is 6.54 Å². The van der Waals surface area contributed by atoms with E-state index in [1.165, 1.54) is 12.1 Å². The zero-order valence-corrected chi connectivity index (χ0v) is 10.6. The van der Waals surface area contributed by atoms with Crippen molar-refractivity contribution in [3.05, 3.63) is 34.1 Å². The summed E-state index contributed by atoms with van der Waals surface area (Å²) in [5.41, 5.74) is 0.734. The number of halogens is 2. The van der Waals surface area contributed by atoms with Crippen LogP contribution < -0.4 is 10.6 Å². The lowest BCUT2D eigenvalue weighted by Gasteiger charge is -2.06. The van der Waals surface area contributed by atoms with Crippen molar-refractivity contribution in [2.75, 3.05) is 13.1 Å². The Kier molecular flexibility index (Phi) is 5.60. The molecule has 1 amide bonds. The summed E-state index contributed by atoms with van der Waals surface area (Å²) >= 11 is 3.29. The Morgan fingerprint density at radius 2 is 2.29 bits per heavy atom. The molecule has 6 heteroatoms. The van der Waals surface area contributed by atoms with Gasteiger partial charge in [-0.2, -0.15) is 5.26 Å². The maximum Gasteiger partial charge on any atom is 0.234 e. The van der Waals surface area contributed by atoms with Gasteiger partial charge in [-0.1, -0.05) is 15.9 Å². The van der Waals surface area contributed by atoms with Crippen LogP contribution in [-0.4, -0.2) is 19.0 Å². The van der Waals surface area contributed by atoms with E-state index in [2.05, 4.69) is 26.6 Å². The number of hydrogen-bond acceptors (Lipinski definition) is 3. The highest BCUT2D eigenvalue weighted by Crippen LogP contribution is 2.17. The normalized spacial score (nSPS) is 9.71. The lowest BCUT2D eigenvalue weighted by atomic mass is 10.2. The summed E-state index contributed by atoms with van der Waals surface area (Å²) in [5.74, 6) is -0.585. The van der Waals surface area contributed by atoms with Crippen LogP contribution in [-0.2, 0) is 11.3 Å². The molecule has 0 fully saturated rings. The van der Waals surface area contributed by atoms with Crippen LogP contribution in [0.2, 0.25) is 0 Å². The van der Waals surface area contributed by atoms with Crippen molar-refractivity contribution in [3.63, 3.8) is 0 Å². The second-order valence-electron chi connectivity index (χ2n) is 3.27. The zero-order valence-electron chi connectivity index (χ0n) is 8.96. The number of hydrogen-bond donors (Lipinski definition) is 2. The van der Waals surface area contributed by atoms with E-state index in [4.69, 9.17) is 5.26 Å². The second-order valence-corrected chi connectivity index (χ2v) is 4.13. The molecule has 0 aliphatic heterocycles. The van der Waals surface area contributed by atoms with Gasteiger partial charge >= 0.3 is 0 Å². The van der Waals surface area contributed by atoms with Gasteiger partial charge in [0.1, 0.15) is 12.4 Å². The molecule has 4 nitrogen and oxygen atoms in total. The standard InChI is InChI=1S/C11H11BrFN3O/c12-10-2-1-9(13)5-8(10)6-15-7-11(17)16-4-3-14/h1-2,5,15H,4,6-7H2,(H,16,17). The predicted octanol–water partition coefficient (Wildman–Crippen LogP) is 1.32. The first-order valence-electron chi connectivity index (χ1n) is 4.92. The molecule has 0 aliphatic carbocycles. The van der Waals surface area contributed by atoms with Gasteiger partial charge in [0, 0.05) is 11.0 Å². The first-order chi connectivity index (χ1) is 8.13. The molecule has 1 rings (SSSR count). The van der Waals surface area contributed by atoms with E-state index in [1.807, 2.05) is 0 Å². The lowest BCUT2D eigenvalue weighted by Crippen LogP contribution is -2.33. The topological polar surface area (TPSA) is 64.9 Å². The maximum absolute atomic E-state index is 12.9. The molecule has 0 saturated carbocycles. The summed E-state index contributed by atoms with van der Waals surface area (Å²) in [5, 5.41) is 13.5. The van der Waals surface area contributed by atoms with E-state index in [9.17, 15) is 9.18 Å². The van der Waals surface area contributed by atoms with Crippen LogP contribution in [0.5, 0.6) is 0 Å². The fourth-order valence-electron chi connectivity index (χ4n) is 1.19. The summed E-state index contributed by atoms with van der Waals surface area (Å²) in [7, 11) is 0. The predicted molar refractivity (Wildman–Crippen MR) is 64.4 cm³/mol. The highest BCUT2D eigenvalue weighted by Gasteiger charge is 2.03. The SMILES string of the molecule is N#CCNC(=O)CNCc1cc(F)ccc1Br. The molecular weight excluding hydrogens is 289 g/mol. The molecule has 1 aromatic carbocycles. The molecule has 0 aromatic heterocycles. The molecule has 0 unspecified atom stereocenters. The third-order valence-electron chi connectivity index (χ3n) is 1.97. The molecule has 0 spiro atoms. The Balaban J connectivity index is 2.38. The van der Waals surface area contributed by atoms with E-state index in [0.29, 0.717) is 6.54 Å². The van der Waals surface area contributed by atoms with Crippen LogP contribution in [0.1, 0.15) is 5.56 Å². The number of nitriles is 1. The number of amides is 1. The van der Waals surface area contributed by atoms with Crippen molar-refractivity contribution in [1.82, 2.24) is 10.6 Å². The van der Waals surface area contributed by atoms with Crippen LogP contribution in [0.25, 0.3) is 0 Å². The van der Waals surface area contributed by atoms with Gasteiger partial charge in [0.15, 0.2) is 0 Å². The van der Waals surface area contributed by atoms with E-state index in [-0.39, 0.29) is 24.8 Å². The minimum Gasteiger partial charge on any atom is -0.342 e. The van der Waals surface area contributed by atoms with Crippen molar-refractivity contribution in [3.8, 4) is 6.07 Å². The third-order valence-corrected chi connectivity index (χ3v) is 2.75. The summed E-state index contributed by atoms with van der Waals surface area (Å²) in [4.78, 5) is 11.1. The maximum atomic E-state index is 12.9. The molecule has 90 valence electrons. The van der Waals surface area contributed by atoms with E-state index in [0.717, 1.165) is 10.0 Å². The molecule has 2 N–H and O–H groups in total. The molecule has 0 heterocycles. The Bertz CT molecular complexity index is 445. The van der Waals surface area contributed by atoms with Crippen molar-refractivity contribution in [2.24, 2.45) is 0 Å². The summed E-state index contributed by atoms with van der Waals surface area (Å²) in [6.45, 7) is 0.452. The van der Waals surface area contributed by atoms with Crippen LogP contribution in [0.15, 0.2) is 22.7 Å². The molecule has 0 atom stereocenters. The van der Waals surface area contributed by atoms with Crippen LogP contribution in [0.3, 0.4) is 0 Å². The monoisotopic (exact) mass is 299 g/mol. The molecule has 0 saturated heterocycles. The van der Waals surface area contributed by atoms with Gasteiger partial charge in [-0.05, 0) is 23.8 Å². The fraction of sp³-hybridized carbons (Fsp3) is 0.273. The number of nitrogens with one attached hydrogen (secondary N) is 2. The first-order valence-corrected chi connectivity index (χ1v) is 5.71. The Morgan fingerprint density at radius 1 is 1.53 bits per heavy atom. The van der Waals surface area contributed by atoms with E-state index in [1.54, 1.807) is 12.1 Å². The molecule has 17 heavy (non-hydrogen) atoms. The number of rotatable bonds is 5. The van der Waals surface area contributed by atoms with Gasteiger partial charge in [0.05, 0.1) is 12.6 Å². The Morgan fingerprint density at radius 3 is 3.00 bits per heavy atom. The number of nitrogens with zero attached hydrogens (tertiary/aromatic N) is 1. The summed E-state index contributed by atoms with van der Waals surface area (Å²) in [6, 6.07) is 6.17. The van der Waals surface area contributed by atoms with Crippen LogP contribution >= 0.6 is 15.9 Å². The second kappa shape index (κ2) is 6.99. The quantitative estimate of drug-likeness (QED) is 0.806. The minimum absolute atomic E-state index is 0.00975. The largest absolute Gasteiger partial charge is 0.342 e. The summed E-state index contributed by atoms with van der Waals surface area (Å²) in [6.07, 6.45) is 0. The minimum atomic E-state index is -0.320. The fourth-order valence-corrected chi connectivity index (χ4v) is 1.58. The molecular formula is C11H11BrFN3O. The Labute approximate surface area is 107 Å². The van der Waals surface area contributed by atoms with Gasteiger partial charge in [0.25, 0.3) is 0 Å². The van der Waals surface area contributed by atoms with Crippen molar-refractivity contribution in [1.29, 1.82) is 5.26 Å². The van der Waals surface area contributed by atoms with Crippen molar-refractivity contribution < 1.29 is 9.18 Å². The molecule has 1 aromatic rings. The highest BCUT2D eigenvalue weighted by atomic mass is 79.9. The smallest absolute Gasteiger partial charge is 0.234 e. The zero-order chi connectivity index (χ0) is 12.7. The average molecular weight is 300 g/mol. The van der Waals surface area contributed by atoms with Gasteiger partial charge < -0.3 is 10.6 Å². The summed E-state index contributed by atoms with van der Waals surface area (Å²) < 4.78 is 13.7. The van der Waals surface area contributed by atoms with Gasteiger partial charge in [0.2, 0.25) is 5.91 Å². The third kappa shape index (κ3) is 4.93. The number of benzene rings is 1. The molecule has 0 bridgehead atoms. The number of carbonyl (C=O) groups excluding carboxylic acids is 1. The Hall–Kier alpha value is -1.45. The van der Waals surface area contributed by atoms with Gasteiger partial charge in [-0.3, -0.25) is 4.79 Å². The highest BCUT2D eigenvalue weighted by molar-refractivity contribution is 9.10. The average Bonchev–Trinajstić information content (AvgIpc) is 2.31. The van der Waals surface area contributed by atoms with E-state index >= 15 is 0 Å². The van der Waals surface area contributed by atoms with Crippen LogP contribution in [0.4, 0.5) is 4.39 Å². The van der Waals surface area contributed by atoms with Crippen LogP contribution in [0, 0.1) is 17.1 Å². The van der Waals surface area contributed by atoms with E-state index < -0.39 is 0 Å². The first kappa shape index (κ1) is 13.6. The van der Waals surface area contributed by atoms with Gasteiger partial charge in [-0.25, -0.2) is 4.39 Å². The lowest BCUT2D eigenvalue weighted by molar-refractivity contribution is -0.120. The number of carbonyl (C=O) groups is 1. The van der Waals surface area contributed by atoms with Gasteiger partial charge in [-0.15, -0.1) is 0 Å².